The highest BCUT2D eigenvalue weighted by Gasteiger charge is 2.28. The molecule has 0 aromatic heterocycles. The number of likely N-dealkylation sites (tertiary alicyclic amines) is 1. The number of benzene rings is 1. The van der Waals surface area contributed by atoms with Crippen molar-refractivity contribution in [3.05, 3.63) is 17.2 Å². The van der Waals surface area contributed by atoms with Gasteiger partial charge in [0.05, 0.1) is 31.0 Å². The molecule has 1 fully saturated rings. The molecule has 1 saturated heterocycles. The van der Waals surface area contributed by atoms with E-state index in [4.69, 9.17) is 21.1 Å². The highest BCUT2D eigenvalue weighted by molar-refractivity contribution is 6.32. The molecule has 0 saturated carbocycles. The summed E-state index contributed by atoms with van der Waals surface area (Å²) in [7, 11) is 5.02. The first-order valence-electron chi connectivity index (χ1n) is 6.49. The number of hydrogen-bond acceptors (Lipinski definition) is 4. The van der Waals surface area contributed by atoms with E-state index in [9.17, 15) is 4.79 Å². The number of likely N-dealkylation sites (N-methyl/N-ethyl adjacent to an activating group) is 1. The summed E-state index contributed by atoms with van der Waals surface area (Å²) in [6.07, 6.45) is 1.91. The zero-order valence-corrected chi connectivity index (χ0v) is 12.7. The number of amides is 1. The van der Waals surface area contributed by atoms with Crippen LogP contribution in [0, 0.1) is 0 Å². The van der Waals surface area contributed by atoms with Crippen LogP contribution in [0.4, 0.5) is 5.69 Å². The lowest BCUT2D eigenvalue weighted by molar-refractivity contribution is -0.119. The first-order chi connectivity index (χ1) is 9.56. The number of carbonyl (C=O) groups is 1. The Kier molecular flexibility index (Phi) is 4.73. The van der Waals surface area contributed by atoms with Crippen molar-refractivity contribution in [3.8, 4) is 11.5 Å². The van der Waals surface area contributed by atoms with Gasteiger partial charge in [-0.15, -0.1) is 0 Å². The van der Waals surface area contributed by atoms with Gasteiger partial charge in [0, 0.05) is 12.1 Å². The third-order valence-corrected chi connectivity index (χ3v) is 3.85. The summed E-state index contributed by atoms with van der Waals surface area (Å²) >= 11 is 6.04. The average Bonchev–Trinajstić information content (AvgIpc) is 2.86. The Hall–Kier alpha value is -1.46. The van der Waals surface area contributed by atoms with Crippen LogP contribution in [0.2, 0.25) is 5.02 Å². The second-order valence-electron chi connectivity index (χ2n) is 4.81. The zero-order chi connectivity index (χ0) is 14.7. The van der Waals surface area contributed by atoms with Crippen LogP contribution < -0.4 is 14.8 Å². The molecule has 0 aliphatic carbocycles. The number of ether oxygens (including phenoxy) is 2. The first-order valence-corrected chi connectivity index (χ1v) is 6.87. The van der Waals surface area contributed by atoms with Gasteiger partial charge in [0.25, 0.3) is 0 Å². The fourth-order valence-corrected chi connectivity index (χ4v) is 2.65. The summed E-state index contributed by atoms with van der Waals surface area (Å²) in [5.74, 6) is 0.986. The molecule has 0 bridgehead atoms. The van der Waals surface area contributed by atoms with Crippen LogP contribution in [-0.2, 0) is 4.79 Å². The van der Waals surface area contributed by atoms with E-state index in [1.807, 2.05) is 7.05 Å². The summed E-state index contributed by atoms with van der Waals surface area (Å²) in [5, 5.41) is 3.34. The van der Waals surface area contributed by atoms with Crippen molar-refractivity contribution in [2.45, 2.75) is 18.9 Å². The second kappa shape index (κ2) is 6.33. The third-order valence-electron chi connectivity index (χ3n) is 3.55. The molecule has 1 atom stereocenters. The molecular weight excluding hydrogens is 280 g/mol. The number of methoxy groups -OCH3 is 2. The molecule has 1 amide bonds. The lowest BCUT2D eigenvalue weighted by Gasteiger charge is -2.20. The van der Waals surface area contributed by atoms with Gasteiger partial charge < -0.3 is 14.8 Å². The standard InChI is InChI=1S/C14H19ClN2O3/c1-17-6-4-5-11(17)14(18)16-10-8-12(19-2)9(15)7-13(10)20-3/h7-8,11H,4-6H2,1-3H3,(H,16,18). The number of hydrogen-bond donors (Lipinski definition) is 1. The number of nitrogens with zero attached hydrogens (tertiary/aromatic N) is 1. The van der Waals surface area contributed by atoms with Gasteiger partial charge in [0.15, 0.2) is 0 Å². The van der Waals surface area contributed by atoms with Crippen molar-refractivity contribution in [2.75, 3.05) is 33.1 Å². The fourth-order valence-electron chi connectivity index (χ4n) is 2.42. The van der Waals surface area contributed by atoms with Crippen molar-refractivity contribution in [3.63, 3.8) is 0 Å². The van der Waals surface area contributed by atoms with E-state index in [0.717, 1.165) is 19.4 Å². The molecule has 0 radical (unpaired) electrons. The van der Waals surface area contributed by atoms with E-state index >= 15 is 0 Å². The van der Waals surface area contributed by atoms with Crippen LogP contribution in [0.3, 0.4) is 0 Å². The van der Waals surface area contributed by atoms with Crippen LogP contribution in [0.5, 0.6) is 11.5 Å². The molecule has 110 valence electrons. The van der Waals surface area contributed by atoms with E-state index in [2.05, 4.69) is 10.2 Å². The predicted octanol–water partition coefficient (Wildman–Crippen LogP) is 2.39. The average molecular weight is 299 g/mol. The van der Waals surface area contributed by atoms with Gasteiger partial charge >= 0.3 is 0 Å². The van der Waals surface area contributed by atoms with Crippen molar-refractivity contribution < 1.29 is 14.3 Å². The van der Waals surface area contributed by atoms with Crippen LogP contribution in [0.15, 0.2) is 12.1 Å². The maximum Gasteiger partial charge on any atom is 0.241 e. The minimum absolute atomic E-state index is 0.0346. The Morgan fingerprint density at radius 3 is 2.60 bits per heavy atom. The van der Waals surface area contributed by atoms with Crippen LogP contribution in [0.1, 0.15) is 12.8 Å². The van der Waals surface area contributed by atoms with Crippen LogP contribution in [0.25, 0.3) is 0 Å². The molecule has 1 aliphatic heterocycles. The van der Waals surface area contributed by atoms with Crippen molar-refractivity contribution in [1.82, 2.24) is 4.90 Å². The van der Waals surface area contributed by atoms with Crippen molar-refractivity contribution >= 4 is 23.2 Å². The molecule has 6 heteroatoms. The molecule has 20 heavy (non-hydrogen) atoms. The Morgan fingerprint density at radius 1 is 1.35 bits per heavy atom. The Balaban J connectivity index is 2.21. The Morgan fingerprint density at radius 2 is 2.05 bits per heavy atom. The monoisotopic (exact) mass is 298 g/mol. The summed E-state index contributed by atoms with van der Waals surface area (Å²) in [5.41, 5.74) is 0.569. The minimum atomic E-state index is -0.0959. The first kappa shape index (κ1) is 14.9. The molecule has 2 rings (SSSR count). The number of carbonyl (C=O) groups excluding carboxylic acids is 1. The van der Waals surface area contributed by atoms with E-state index in [1.54, 1.807) is 12.1 Å². The maximum absolute atomic E-state index is 12.3. The lowest BCUT2D eigenvalue weighted by atomic mass is 10.2. The highest BCUT2D eigenvalue weighted by Crippen LogP contribution is 2.36. The molecule has 1 heterocycles. The van der Waals surface area contributed by atoms with Crippen molar-refractivity contribution in [2.24, 2.45) is 0 Å². The van der Waals surface area contributed by atoms with E-state index in [0.29, 0.717) is 22.2 Å². The molecule has 1 aromatic rings. The number of nitrogens with one attached hydrogen (secondary N) is 1. The molecule has 0 spiro atoms. The van der Waals surface area contributed by atoms with Crippen LogP contribution >= 0.6 is 11.6 Å². The zero-order valence-electron chi connectivity index (χ0n) is 11.9. The molecule has 1 aromatic carbocycles. The van der Waals surface area contributed by atoms with Gasteiger partial charge in [-0.3, -0.25) is 9.69 Å². The molecule has 1 N–H and O–H groups in total. The summed E-state index contributed by atoms with van der Waals surface area (Å²) in [6, 6.07) is 3.21. The minimum Gasteiger partial charge on any atom is -0.495 e. The highest BCUT2D eigenvalue weighted by atomic mass is 35.5. The van der Waals surface area contributed by atoms with E-state index in [-0.39, 0.29) is 11.9 Å². The molecule has 5 nitrogen and oxygen atoms in total. The van der Waals surface area contributed by atoms with Crippen LogP contribution in [-0.4, -0.2) is 44.7 Å². The topological polar surface area (TPSA) is 50.8 Å². The third kappa shape index (κ3) is 2.99. The Labute approximate surface area is 123 Å². The summed E-state index contributed by atoms with van der Waals surface area (Å²) in [4.78, 5) is 14.3. The summed E-state index contributed by atoms with van der Waals surface area (Å²) in [6.45, 7) is 0.944. The van der Waals surface area contributed by atoms with Gasteiger partial charge in [-0.1, -0.05) is 11.6 Å². The lowest BCUT2D eigenvalue weighted by Crippen LogP contribution is -2.37. The summed E-state index contributed by atoms with van der Waals surface area (Å²) < 4.78 is 10.4. The molecule has 1 unspecified atom stereocenters. The smallest absolute Gasteiger partial charge is 0.241 e. The SMILES string of the molecule is COc1cc(NC(=O)C2CCCN2C)c(OC)cc1Cl. The van der Waals surface area contributed by atoms with Crippen molar-refractivity contribution in [1.29, 1.82) is 0 Å². The predicted molar refractivity (Wildman–Crippen MR) is 78.8 cm³/mol. The van der Waals surface area contributed by atoms with Gasteiger partial charge in [-0.25, -0.2) is 0 Å². The quantitative estimate of drug-likeness (QED) is 0.927. The number of rotatable bonds is 4. The van der Waals surface area contributed by atoms with Gasteiger partial charge in [0.2, 0.25) is 5.91 Å². The second-order valence-corrected chi connectivity index (χ2v) is 5.22. The molecular formula is C14H19ClN2O3. The van der Waals surface area contributed by atoms with E-state index in [1.165, 1.54) is 14.2 Å². The van der Waals surface area contributed by atoms with Gasteiger partial charge in [0.1, 0.15) is 11.5 Å². The molecule has 1 aliphatic rings. The van der Waals surface area contributed by atoms with E-state index < -0.39 is 0 Å². The maximum atomic E-state index is 12.3. The fraction of sp³-hybridized carbons (Fsp3) is 0.500. The number of halogens is 1. The van der Waals surface area contributed by atoms with Gasteiger partial charge in [-0.05, 0) is 26.4 Å². The number of anilines is 1. The normalized spacial score (nSPS) is 18.9. The Bertz CT molecular complexity index is 507. The van der Waals surface area contributed by atoms with Gasteiger partial charge in [-0.2, -0.15) is 0 Å². The largest absolute Gasteiger partial charge is 0.495 e.